The molecule has 4 nitrogen and oxygen atoms in total. The van der Waals surface area contributed by atoms with Gasteiger partial charge in [-0.1, -0.05) is 36.0 Å². The van der Waals surface area contributed by atoms with Crippen molar-refractivity contribution in [1.82, 2.24) is 4.72 Å². The van der Waals surface area contributed by atoms with Crippen LogP contribution in [0.25, 0.3) is 0 Å². The fourth-order valence-corrected chi connectivity index (χ4v) is 5.93. The zero-order chi connectivity index (χ0) is 14.0. The molecule has 3 N–H and O–H groups in total. The summed E-state index contributed by atoms with van der Waals surface area (Å²) in [6.45, 7) is 0.291. The molecule has 1 aromatic heterocycles. The molecule has 1 saturated carbocycles. The maximum absolute atomic E-state index is 12.3. The molecule has 0 aromatic carbocycles. The topological polar surface area (TPSA) is 72.2 Å². The van der Waals surface area contributed by atoms with Crippen molar-refractivity contribution in [3.05, 3.63) is 14.7 Å². The lowest BCUT2D eigenvalue weighted by molar-refractivity contribution is 0.405. The summed E-state index contributed by atoms with van der Waals surface area (Å²) in [6, 6.07) is 1.14. The average molecular weight is 343 g/mol. The maximum Gasteiger partial charge on any atom is 0.243 e. The molecule has 8 heteroatoms. The van der Waals surface area contributed by atoms with Crippen LogP contribution in [0.4, 0.5) is 0 Å². The second-order valence-corrected chi connectivity index (χ2v) is 8.66. The van der Waals surface area contributed by atoms with Gasteiger partial charge in [-0.15, -0.1) is 11.3 Å². The lowest BCUT2D eigenvalue weighted by Gasteiger charge is -2.22. The van der Waals surface area contributed by atoms with Crippen molar-refractivity contribution in [2.24, 2.45) is 11.7 Å². The van der Waals surface area contributed by atoms with E-state index in [2.05, 4.69) is 4.72 Å². The predicted octanol–water partition coefficient (Wildman–Crippen LogP) is 2.85. The standard InChI is InChI=1S/C11H16Cl2N2O2S2/c12-10-5-9(11(13)18-10)19(16,17)15-8(6-14)7-3-1-2-4-7/h5,7-8,15H,1-4,6,14H2. The summed E-state index contributed by atoms with van der Waals surface area (Å²) in [5.74, 6) is 0.313. The number of hydrogen-bond donors (Lipinski definition) is 2. The first kappa shape index (κ1) is 15.5. The molecule has 1 fully saturated rings. The first-order chi connectivity index (χ1) is 8.94. The van der Waals surface area contributed by atoms with Crippen LogP contribution < -0.4 is 10.5 Å². The van der Waals surface area contributed by atoms with Gasteiger partial charge in [0.2, 0.25) is 10.0 Å². The molecule has 0 bridgehead atoms. The van der Waals surface area contributed by atoms with Crippen molar-refractivity contribution < 1.29 is 8.42 Å². The molecule has 1 heterocycles. The number of rotatable bonds is 5. The first-order valence-electron chi connectivity index (χ1n) is 6.11. The molecular formula is C11H16Cl2N2O2S2. The van der Waals surface area contributed by atoms with E-state index < -0.39 is 10.0 Å². The number of hydrogen-bond acceptors (Lipinski definition) is 4. The minimum Gasteiger partial charge on any atom is -0.329 e. The SMILES string of the molecule is NCC(NS(=O)(=O)c1cc(Cl)sc1Cl)C1CCCC1. The van der Waals surface area contributed by atoms with Crippen LogP contribution in [-0.2, 0) is 10.0 Å². The molecular weight excluding hydrogens is 327 g/mol. The van der Waals surface area contributed by atoms with Crippen LogP contribution in [0.3, 0.4) is 0 Å². The highest BCUT2D eigenvalue weighted by atomic mass is 35.5. The average Bonchev–Trinajstić information content (AvgIpc) is 2.96. The number of nitrogens with two attached hydrogens (primary N) is 1. The van der Waals surface area contributed by atoms with Gasteiger partial charge >= 0.3 is 0 Å². The summed E-state index contributed by atoms with van der Waals surface area (Å²) >= 11 is 12.7. The summed E-state index contributed by atoms with van der Waals surface area (Å²) in [7, 11) is -3.65. The fourth-order valence-electron chi connectivity index (χ4n) is 2.47. The van der Waals surface area contributed by atoms with Gasteiger partial charge < -0.3 is 5.73 Å². The Bertz CT molecular complexity index is 539. The van der Waals surface area contributed by atoms with Gasteiger partial charge in [0.1, 0.15) is 9.23 Å². The van der Waals surface area contributed by atoms with Gasteiger partial charge in [0, 0.05) is 12.6 Å². The van der Waals surface area contributed by atoms with Crippen molar-refractivity contribution in [1.29, 1.82) is 0 Å². The minimum atomic E-state index is -3.65. The smallest absolute Gasteiger partial charge is 0.243 e. The second-order valence-electron chi connectivity index (χ2n) is 4.70. The Morgan fingerprint density at radius 3 is 2.53 bits per heavy atom. The monoisotopic (exact) mass is 342 g/mol. The van der Waals surface area contributed by atoms with Gasteiger partial charge in [0.05, 0.1) is 4.34 Å². The lowest BCUT2D eigenvalue weighted by atomic mass is 9.99. The molecule has 1 atom stereocenters. The van der Waals surface area contributed by atoms with Gasteiger partial charge in [0.15, 0.2) is 0 Å². The zero-order valence-corrected chi connectivity index (χ0v) is 13.4. The Morgan fingerprint density at radius 1 is 1.42 bits per heavy atom. The predicted molar refractivity (Wildman–Crippen MR) is 79.5 cm³/mol. The van der Waals surface area contributed by atoms with Crippen LogP contribution in [-0.4, -0.2) is 21.0 Å². The Balaban J connectivity index is 2.17. The number of sulfonamides is 1. The summed E-state index contributed by atoms with van der Waals surface area (Å²) in [5.41, 5.74) is 5.70. The quantitative estimate of drug-likeness (QED) is 0.863. The molecule has 108 valence electrons. The van der Waals surface area contributed by atoms with Gasteiger partial charge in [0.25, 0.3) is 0 Å². The van der Waals surface area contributed by atoms with Gasteiger partial charge in [-0.25, -0.2) is 13.1 Å². The largest absolute Gasteiger partial charge is 0.329 e. The fraction of sp³-hybridized carbons (Fsp3) is 0.636. The number of nitrogens with one attached hydrogen (secondary N) is 1. The molecule has 0 saturated heterocycles. The molecule has 1 aliphatic rings. The van der Waals surface area contributed by atoms with Gasteiger partial charge in [-0.3, -0.25) is 0 Å². The summed E-state index contributed by atoms with van der Waals surface area (Å²) in [5, 5.41) is 0. The van der Waals surface area contributed by atoms with E-state index in [0.717, 1.165) is 37.0 Å². The highest BCUT2D eigenvalue weighted by Gasteiger charge is 2.30. The van der Waals surface area contributed by atoms with Gasteiger partial charge in [-0.05, 0) is 24.8 Å². The van der Waals surface area contributed by atoms with Crippen LogP contribution in [0.15, 0.2) is 11.0 Å². The van der Waals surface area contributed by atoms with Crippen LogP contribution in [0, 0.1) is 5.92 Å². The molecule has 1 aromatic rings. The number of halogens is 2. The van der Waals surface area contributed by atoms with E-state index in [1.165, 1.54) is 6.07 Å². The molecule has 2 rings (SSSR count). The van der Waals surface area contributed by atoms with Crippen LogP contribution >= 0.6 is 34.5 Å². The van der Waals surface area contributed by atoms with Crippen molar-refractivity contribution in [3.8, 4) is 0 Å². The normalized spacial score (nSPS) is 18.9. The van der Waals surface area contributed by atoms with Gasteiger partial charge in [-0.2, -0.15) is 0 Å². The van der Waals surface area contributed by atoms with E-state index >= 15 is 0 Å². The molecule has 1 aliphatic carbocycles. The first-order valence-corrected chi connectivity index (χ1v) is 9.17. The molecule has 0 radical (unpaired) electrons. The van der Waals surface area contributed by atoms with E-state index in [0.29, 0.717) is 16.8 Å². The molecule has 1 unspecified atom stereocenters. The van der Waals surface area contributed by atoms with E-state index in [4.69, 9.17) is 28.9 Å². The molecule has 0 aliphatic heterocycles. The molecule has 19 heavy (non-hydrogen) atoms. The van der Waals surface area contributed by atoms with Crippen molar-refractivity contribution in [2.75, 3.05) is 6.54 Å². The molecule has 0 spiro atoms. The highest BCUT2D eigenvalue weighted by molar-refractivity contribution is 7.89. The van der Waals surface area contributed by atoms with E-state index in [1.807, 2.05) is 0 Å². The third kappa shape index (κ3) is 3.62. The highest BCUT2D eigenvalue weighted by Crippen LogP contribution is 2.35. The summed E-state index contributed by atoms with van der Waals surface area (Å²) < 4.78 is 27.8. The number of thiophene rings is 1. The maximum atomic E-state index is 12.3. The van der Waals surface area contributed by atoms with Crippen LogP contribution in [0.5, 0.6) is 0 Å². The van der Waals surface area contributed by atoms with Crippen LogP contribution in [0.1, 0.15) is 25.7 Å². The summed E-state index contributed by atoms with van der Waals surface area (Å²) in [4.78, 5) is 0.0422. The van der Waals surface area contributed by atoms with E-state index in [1.54, 1.807) is 0 Å². The Kier molecular flexibility index (Phi) is 5.14. The van der Waals surface area contributed by atoms with E-state index in [-0.39, 0.29) is 15.3 Å². The lowest BCUT2D eigenvalue weighted by Crippen LogP contribution is -2.44. The van der Waals surface area contributed by atoms with E-state index in [9.17, 15) is 8.42 Å². The van der Waals surface area contributed by atoms with Crippen molar-refractivity contribution in [3.63, 3.8) is 0 Å². The Hall–Kier alpha value is 0.150. The summed E-state index contributed by atoms with van der Waals surface area (Å²) in [6.07, 6.45) is 4.30. The zero-order valence-electron chi connectivity index (χ0n) is 10.2. The van der Waals surface area contributed by atoms with Crippen molar-refractivity contribution >= 4 is 44.6 Å². The molecule has 0 amide bonds. The second kappa shape index (κ2) is 6.28. The third-order valence-electron chi connectivity index (χ3n) is 3.44. The Labute approximate surface area is 127 Å². The third-order valence-corrected chi connectivity index (χ3v) is 6.69. The Morgan fingerprint density at radius 2 is 2.05 bits per heavy atom. The van der Waals surface area contributed by atoms with Crippen molar-refractivity contribution in [2.45, 2.75) is 36.6 Å². The minimum absolute atomic E-state index is 0.0422. The van der Waals surface area contributed by atoms with Crippen LogP contribution in [0.2, 0.25) is 8.67 Å².